The minimum atomic E-state index is -3.91. The number of carbonyl (C=O) groups is 1. The van der Waals surface area contributed by atoms with E-state index in [1.165, 1.54) is 11.4 Å². The van der Waals surface area contributed by atoms with E-state index in [2.05, 4.69) is 10.4 Å². The molecular formula is C12H16N4O3S2. The maximum absolute atomic E-state index is 12.2. The lowest BCUT2D eigenvalue weighted by atomic mass is 10.1. The fourth-order valence-corrected chi connectivity index (χ4v) is 3.95. The van der Waals surface area contributed by atoms with Gasteiger partial charge in [0, 0.05) is 18.8 Å². The predicted octanol–water partition coefficient (Wildman–Crippen LogP) is 0.928. The maximum Gasteiger partial charge on any atom is 0.263 e. The number of primary sulfonamides is 1. The van der Waals surface area contributed by atoms with Crippen LogP contribution in [0.2, 0.25) is 0 Å². The van der Waals surface area contributed by atoms with Crippen molar-refractivity contribution in [3.8, 4) is 0 Å². The lowest BCUT2D eigenvalue weighted by molar-refractivity contribution is 0.0941. The molecule has 7 nitrogen and oxygen atoms in total. The molecule has 1 atom stereocenters. The van der Waals surface area contributed by atoms with E-state index in [1.807, 2.05) is 20.0 Å². The first kappa shape index (κ1) is 15.7. The van der Waals surface area contributed by atoms with Crippen LogP contribution >= 0.6 is 11.3 Å². The van der Waals surface area contributed by atoms with Crippen molar-refractivity contribution in [3.63, 3.8) is 0 Å². The van der Waals surface area contributed by atoms with Gasteiger partial charge in [-0.2, -0.15) is 5.10 Å². The second-order valence-corrected chi connectivity index (χ2v) is 7.14. The van der Waals surface area contributed by atoms with Crippen molar-refractivity contribution in [3.05, 3.63) is 33.8 Å². The zero-order chi connectivity index (χ0) is 15.8. The van der Waals surface area contributed by atoms with Crippen LogP contribution in [0.1, 0.15) is 33.9 Å². The molecule has 0 radical (unpaired) electrons. The van der Waals surface area contributed by atoms with Crippen LogP contribution in [0.15, 0.2) is 22.5 Å². The number of thiophene rings is 1. The number of rotatable bonds is 4. The molecule has 0 aromatic carbocycles. The van der Waals surface area contributed by atoms with Gasteiger partial charge in [-0.1, -0.05) is 0 Å². The van der Waals surface area contributed by atoms with Crippen LogP contribution in [0.3, 0.4) is 0 Å². The number of sulfonamides is 1. The first-order valence-corrected chi connectivity index (χ1v) is 8.54. The first-order valence-electron chi connectivity index (χ1n) is 6.11. The van der Waals surface area contributed by atoms with E-state index in [4.69, 9.17) is 5.14 Å². The monoisotopic (exact) mass is 328 g/mol. The predicted molar refractivity (Wildman–Crippen MR) is 79.5 cm³/mol. The Bertz CT molecular complexity index is 776. The maximum atomic E-state index is 12.2. The van der Waals surface area contributed by atoms with Crippen molar-refractivity contribution < 1.29 is 13.2 Å². The largest absolute Gasteiger partial charge is 0.345 e. The molecular weight excluding hydrogens is 312 g/mol. The van der Waals surface area contributed by atoms with Crippen LogP contribution < -0.4 is 10.5 Å². The molecule has 114 valence electrons. The summed E-state index contributed by atoms with van der Waals surface area (Å²) in [5, 5.41) is 13.6. The molecule has 0 aliphatic carbocycles. The molecule has 0 aliphatic rings. The van der Waals surface area contributed by atoms with Gasteiger partial charge in [0.25, 0.3) is 5.91 Å². The van der Waals surface area contributed by atoms with Gasteiger partial charge in [-0.15, -0.1) is 11.3 Å². The molecule has 2 heterocycles. The lowest BCUT2D eigenvalue weighted by Crippen LogP contribution is -2.28. The van der Waals surface area contributed by atoms with Gasteiger partial charge >= 0.3 is 0 Å². The van der Waals surface area contributed by atoms with Crippen LogP contribution in [0.25, 0.3) is 0 Å². The molecule has 3 N–H and O–H groups in total. The Balaban J connectivity index is 2.23. The van der Waals surface area contributed by atoms with Crippen LogP contribution in [-0.2, 0) is 17.1 Å². The molecule has 0 saturated carbocycles. The van der Waals surface area contributed by atoms with Gasteiger partial charge in [0.05, 0.1) is 11.7 Å². The Morgan fingerprint density at radius 3 is 2.71 bits per heavy atom. The Kier molecular flexibility index (Phi) is 4.17. The molecule has 0 spiro atoms. The van der Waals surface area contributed by atoms with Crippen molar-refractivity contribution in [2.45, 2.75) is 24.8 Å². The van der Waals surface area contributed by atoms with Crippen LogP contribution in [-0.4, -0.2) is 24.1 Å². The Morgan fingerprint density at radius 1 is 1.52 bits per heavy atom. The van der Waals surface area contributed by atoms with Crippen molar-refractivity contribution in [1.29, 1.82) is 0 Å². The standard InChI is InChI=1S/C12H16N4O3S2/c1-7(9-6-16(3)15-8(9)2)14-12(17)11-10(4-5-20-11)21(13,18)19/h4-7H,1-3H3,(H,14,17)(H2,13,18,19)/t7-/m1/s1. The first-order chi connectivity index (χ1) is 9.70. The summed E-state index contributed by atoms with van der Waals surface area (Å²) in [4.78, 5) is 12.2. The van der Waals surface area contributed by atoms with Gasteiger partial charge in [-0.3, -0.25) is 9.48 Å². The molecule has 1 amide bonds. The highest BCUT2D eigenvalue weighted by molar-refractivity contribution is 7.89. The molecule has 0 fully saturated rings. The molecule has 9 heteroatoms. The molecule has 2 aromatic heterocycles. The third kappa shape index (κ3) is 3.31. The number of nitrogens with one attached hydrogen (secondary N) is 1. The summed E-state index contributed by atoms with van der Waals surface area (Å²) < 4.78 is 24.5. The van der Waals surface area contributed by atoms with Crippen molar-refractivity contribution in [2.75, 3.05) is 0 Å². The summed E-state index contributed by atoms with van der Waals surface area (Å²) >= 11 is 1.04. The molecule has 0 unspecified atom stereocenters. The van der Waals surface area contributed by atoms with Crippen LogP contribution in [0, 0.1) is 6.92 Å². The van der Waals surface area contributed by atoms with E-state index in [0.29, 0.717) is 0 Å². The van der Waals surface area contributed by atoms with Crippen molar-refractivity contribution >= 4 is 27.3 Å². The topological polar surface area (TPSA) is 107 Å². The van der Waals surface area contributed by atoms with E-state index < -0.39 is 15.9 Å². The molecule has 2 rings (SSSR count). The summed E-state index contributed by atoms with van der Waals surface area (Å²) in [7, 11) is -2.11. The van der Waals surface area contributed by atoms with Gasteiger partial charge in [-0.25, -0.2) is 13.6 Å². The molecule has 0 bridgehead atoms. The highest BCUT2D eigenvalue weighted by Gasteiger charge is 2.23. The number of hydrogen-bond acceptors (Lipinski definition) is 5. The zero-order valence-corrected chi connectivity index (χ0v) is 13.5. The van der Waals surface area contributed by atoms with Crippen molar-refractivity contribution in [2.24, 2.45) is 12.2 Å². The molecule has 21 heavy (non-hydrogen) atoms. The normalized spacial score (nSPS) is 13.1. The lowest BCUT2D eigenvalue weighted by Gasteiger charge is -2.13. The van der Waals surface area contributed by atoms with Crippen LogP contribution in [0.4, 0.5) is 0 Å². The number of nitrogens with zero attached hydrogens (tertiary/aromatic N) is 2. The molecule has 0 aliphatic heterocycles. The van der Waals surface area contributed by atoms with Gasteiger partial charge in [0.1, 0.15) is 9.77 Å². The van der Waals surface area contributed by atoms with Gasteiger partial charge in [-0.05, 0) is 25.3 Å². The van der Waals surface area contributed by atoms with E-state index in [1.54, 1.807) is 11.7 Å². The summed E-state index contributed by atoms with van der Waals surface area (Å²) in [5.41, 5.74) is 1.68. The molecule has 2 aromatic rings. The van der Waals surface area contributed by atoms with E-state index >= 15 is 0 Å². The quantitative estimate of drug-likeness (QED) is 0.870. The zero-order valence-electron chi connectivity index (χ0n) is 11.8. The summed E-state index contributed by atoms with van der Waals surface area (Å²) in [6.07, 6.45) is 1.81. The van der Waals surface area contributed by atoms with Crippen LogP contribution in [0.5, 0.6) is 0 Å². The average Bonchev–Trinajstić information content (AvgIpc) is 2.94. The summed E-state index contributed by atoms with van der Waals surface area (Å²) in [6, 6.07) is 1.04. The smallest absolute Gasteiger partial charge is 0.263 e. The van der Waals surface area contributed by atoms with Crippen molar-refractivity contribution in [1.82, 2.24) is 15.1 Å². The van der Waals surface area contributed by atoms with Gasteiger partial charge < -0.3 is 5.32 Å². The number of aromatic nitrogens is 2. The molecule has 0 saturated heterocycles. The Hall–Kier alpha value is -1.71. The number of carbonyl (C=O) groups excluding carboxylic acids is 1. The SMILES string of the molecule is Cc1nn(C)cc1[C@@H](C)NC(=O)c1sccc1S(N)(=O)=O. The minimum Gasteiger partial charge on any atom is -0.345 e. The van der Waals surface area contributed by atoms with E-state index in [-0.39, 0.29) is 15.8 Å². The number of nitrogens with two attached hydrogens (primary N) is 1. The second-order valence-electron chi connectivity index (χ2n) is 4.70. The highest BCUT2D eigenvalue weighted by Crippen LogP contribution is 2.22. The number of aryl methyl sites for hydroxylation is 2. The fourth-order valence-electron chi connectivity index (χ4n) is 2.07. The fraction of sp³-hybridized carbons (Fsp3) is 0.333. The van der Waals surface area contributed by atoms with E-state index in [9.17, 15) is 13.2 Å². The van der Waals surface area contributed by atoms with Gasteiger partial charge in [0.15, 0.2) is 0 Å². The second kappa shape index (κ2) is 5.58. The van der Waals surface area contributed by atoms with E-state index in [0.717, 1.165) is 22.6 Å². The average molecular weight is 328 g/mol. The third-order valence-electron chi connectivity index (χ3n) is 3.01. The minimum absolute atomic E-state index is 0.0888. The summed E-state index contributed by atoms with van der Waals surface area (Å²) in [6.45, 7) is 3.66. The highest BCUT2D eigenvalue weighted by atomic mass is 32.2. The Labute approximate surface area is 126 Å². The number of hydrogen-bond donors (Lipinski definition) is 2. The summed E-state index contributed by atoms with van der Waals surface area (Å²) in [5.74, 6) is -0.468. The Morgan fingerprint density at radius 2 is 2.19 bits per heavy atom. The third-order valence-corrected chi connectivity index (χ3v) is 5.00. The van der Waals surface area contributed by atoms with Gasteiger partial charge in [0.2, 0.25) is 10.0 Å². The number of amides is 1.